The lowest BCUT2D eigenvalue weighted by Crippen LogP contribution is -1.99. The van der Waals surface area contributed by atoms with Gasteiger partial charge in [-0.25, -0.2) is 9.97 Å². The predicted molar refractivity (Wildman–Crippen MR) is 82.5 cm³/mol. The van der Waals surface area contributed by atoms with Crippen LogP contribution in [0.25, 0.3) is 16.9 Å². The van der Waals surface area contributed by atoms with Crippen LogP contribution in [-0.2, 0) is 0 Å². The van der Waals surface area contributed by atoms with Gasteiger partial charge in [0.2, 0.25) is 0 Å². The Balaban J connectivity index is 2.11. The third-order valence-corrected chi connectivity index (χ3v) is 3.38. The minimum atomic E-state index is 0.492. The van der Waals surface area contributed by atoms with Crippen LogP contribution in [0, 0.1) is 6.92 Å². The molecular weight excluding hydrogens is 264 g/mol. The first-order chi connectivity index (χ1) is 10.2. The second-order valence-electron chi connectivity index (χ2n) is 4.77. The molecule has 2 heterocycles. The van der Waals surface area contributed by atoms with E-state index in [1.54, 1.807) is 19.6 Å². The molecule has 2 aromatic heterocycles. The molecule has 5 nitrogen and oxygen atoms in total. The lowest BCUT2D eigenvalue weighted by atomic mass is 10.1. The number of benzene rings is 1. The highest BCUT2D eigenvalue weighted by molar-refractivity contribution is 5.65. The molecule has 2 N–H and O–H groups in total. The van der Waals surface area contributed by atoms with Crippen molar-refractivity contribution in [3.05, 3.63) is 54.6 Å². The largest absolute Gasteiger partial charge is 0.497 e. The number of hydrogen-bond donors (Lipinski definition) is 1. The summed E-state index contributed by atoms with van der Waals surface area (Å²) in [4.78, 5) is 8.28. The van der Waals surface area contributed by atoms with Crippen LogP contribution >= 0.6 is 0 Å². The van der Waals surface area contributed by atoms with E-state index in [4.69, 9.17) is 10.5 Å². The maximum Gasteiger partial charge on any atom is 0.123 e. The third kappa shape index (κ3) is 2.45. The van der Waals surface area contributed by atoms with Gasteiger partial charge in [0.1, 0.15) is 11.6 Å². The lowest BCUT2D eigenvalue weighted by Gasteiger charge is -2.12. The van der Waals surface area contributed by atoms with E-state index in [-0.39, 0.29) is 0 Å². The molecule has 0 aliphatic carbocycles. The molecule has 0 amide bonds. The van der Waals surface area contributed by atoms with Crippen molar-refractivity contribution in [1.29, 1.82) is 0 Å². The number of pyridine rings is 1. The standard InChI is InChI=1S/C16H16N4O/c1-11-7-13(21-2)3-4-14(11)20-10-18-9-15(20)12-5-6-19-16(17)8-12/h3-10H,1-2H3,(H2,17,19). The summed E-state index contributed by atoms with van der Waals surface area (Å²) < 4.78 is 7.28. The van der Waals surface area contributed by atoms with E-state index in [0.717, 1.165) is 28.3 Å². The Labute approximate surface area is 123 Å². The smallest absolute Gasteiger partial charge is 0.123 e. The molecule has 0 spiro atoms. The molecule has 3 rings (SSSR count). The van der Waals surface area contributed by atoms with E-state index in [0.29, 0.717) is 5.82 Å². The molecule has 0 bridgehead atoms. The van der Waals surface area contributed by atoms with Crippen molar-refractivity contribution in [1.82, 2.24) is 14.5 Å². The molecule has 0 atom stereocenters. The Morgan fingerprint density at radius 3 is 2.76 bits per heavy atom. The van der Waals surface area contributed by atoms with Crippen LogP contribution in [0.2, 0.25) is 0 Å². The molecular formula is C16H16N4O. The van der Waals surface area contributed by atoms with Gasteiger partial charge >= 0.3 is 0 Å². The summed E-state index contributed by atoms with van der Waals surface area (Å²) in [6.45, 7) is 2.04. The zero-order chi connectivity index (χ0) is 14.8. The summed E-state index contributed by atoms with van der Waals surface area (Å²) in [6.07, 6.45) is 5.31. The molecule has 1 aromatic carbocycles. The molecule has 5 heteroatoms. The molecule has 21 heavy (non-hydrogen) atoms. The van der Waals surface area contributed by atoms with Gasteiger partial charge in [-0.05, 0) is 42.8 Å². The Morgan fingerprint density at radius 1 is 1.19 bits per heavy atom. The predicted octanol–water partition coefficient (Wildman–Crippen LogP) is 2.83. The number of aromatic nitrogens is 3. The molecule has 106 valence electrons. The molecule has 0 radical (unpaired) electrons. The van der Waals surface area contributed by atoms with E-state index in [1.165, 1.54) is 0 Å². The molecule has 0 unspecified atom stereocenters. The van der Waals surface area contributed by atoms with Gasteiger partial charge in [0.05, 0.1) is 31.0 Å². The van der Waals surface area contributed by atoms with E-state index < -0.39 is 0 Å². The highest BCUT2D eigenvalue weighted by atomic mass is 16.5. The summed E-state index contributed by atoms with van der Waals surface area (Å²) in [6, 6.07) is 9.71. The summed E-state index contributed by atoms with van der Waals surface area (Å²) in [5, 5.41) is 0. The molecule has 3 aromatic rings. The Morgan fingerprint density at radius 2 is 2.05 bits per heavy atom. The molecule has 0 saturated heterocycles. The normalized spacial score (nSPS) is 10.6. The quantitative estimate of drug-likeness (QED) is 0.801. The molecule has 0 aliphatic heterocycles. The van der Waals surface area contributed by atoms with E-state index >= 15 is 0 Å². The van der Waals surface area contributed by atoms with Gasteiger partial charge in [0.25, 0.3) is 0 Å². The van der Waals surface area contributed by atoms with Gasteiger partial charge in [-0.2, -0.15) is 0 Å². The number of imidazole rings is 1. The van der Waals surface area contributed by atoms with Crippen molar-refractivity contribution < 1.29 is 4.74 Å². The van der Waals surface area contributed by atoms with E-state index in [9.17, 15) is 0 Å². The number of hydrogen-bond acceptors (Lipinski definition) is 4. The first-order valence-corrected chi connectivity index (χ1v) is 6.58. The fraction of sp³-hybridized carbons (Fsp3) is 0.125. The number of ether oxygens (including phenoxy) is 1. The Bertz CT molecular complexity index is 779. The topological polar surface area (TPSA) is 66.0 Å². The highest BCUT2D eigenvalue weighted by Crippen LogP contribution is 2.27. The lowest BCUT2D eigenvalue weighted by molar-refractivity contribution is 0.414. The zero-order valence-electron chi connectivity index (χ0n) is 11.9. The van der Waals surface area contributed by atoms with Gasteiger partial charge in [-0.15, -0.1) is 0 Å². The van der Waals surface area contributed by atoms with Crippen molar-refractivity contribution in [2.24, 2.45) is 0 Å². The first-order valence-electron chi connectivity index (χ1n) is 6.58. The Hall–Kier alpha value is -2.82. The third-order valence-electron chi connectivity index (χ3n) is 3.38. The van der Waals surface area contributed by atoms with Crippen molar-refractivity contribution in [2.45, 2.75) is 6.92 Å². The Kier molecular flexibility index (Phi) is 3.31. The van der Waals surface area contributed by atoms with E-state index in [2.05, 4.69) is 9.97 Å². The number of aryl methyl sites for hydroxylation is 1. The number of anilines is 1. The molecule has 0 fully saturated rings. The number of nitrogen functional groups attached to an aromatic ring is 1. The number of methoxy groups -OCH3 is 1. The van der Waals surface area contributed by atoms with Crippen LogP contribution in [0.1, 0.15) is 5.56 Å². The van der Waals surface area contributed by atoms with Crippen LogP contribution < -0.4 is 10.5 Å². The average Bonchev–Trinajstić information content (AvgIpc) is 2.96. The zero-order valence-corrected chi connectivity index (χ0v) is 11.9. The van der Waals surface area contributed by atoms with Gasteiger partial charge < -0.3 is 10.5 Å². The number of nitrogens with zero attached hydrogens (tertiary/aromatic N) is 3. The summed E-state index contributed by atoms with van der Waals surface area (Å²) in [5.74, 6) is 1.33. The summed E-state index contributed by atoms with van der Waals surface area (Å²) in [7, 11) is 1.66. The van der Waals surface area contributed by atoms with Crippen molar-refractivity contribution in [2.75, 3.05) is 12.8 Å². The van der Waals surface area contributed by atoms with Crippen LogP contribution in [0.3, 0.4) is 0 Å². The average molecular weight is 280 g/mol. The van der Waals surface area contributed by atoms with Crippen molar-refractivity contribution in [3.8, 4) is 22.7 Å². The summed E-state index contributed by atoms with van der Waals surface area (Å²) >= 11 is 0. The molecule has 0 saturated carbocycles. The van der Waals surface area contributed by atoms with Gasteiger partial charge in [0, 0.05) is 11.8 Å². The van der Waals surface area contributed by atoms with Gasteiger partial charge in [-0.1, -0.05) is 0 Å². The van der Waals surface area contributed by atoms with Gasteiger partial charge in [-0.3, -0.25) is 4.57 Å². The second kappa shape index (κ2) is 5.28. The number of nitrogens with two attached hydrogens (primary N) is 1. The summed E-state index contributed by atoms with van der Waals surface area (Å²) in [5.41, 5.74) is 9.88. The van der Waals surface area contributed by atoms with E-state index in [1.807, 2.05) is 48.0 Å². The molecule has 0 aliphatic rings. The van der Waals surface area contributed by atoms with Crippen molar-refractivity contribution in [3.63, 3.8) is 0 Å². The van der Waals surface area contributed by atoms with Crippen molar-refractivity contribution >= 4 is 5.82 Å². The minimum absolute atomic E-state index is 0.492. The fourth-order valence-electron chi connectivity index (χ4n) is 2.33. The van der Waals surface area contributed by atoms with Crippen LogP contribution in [-0.4, -0.2) is 21.6 Å². The SMILES string of the molecule is COc1ccc(-n2cncc2-c2ccnc(N)c2)c(C)c1. The fourth-order valence-corrected chi connectivity index (χ4v) is 2.33. The monoisotopic (exact) mass is 280 g/mol. The van der Waals surface area contributed by atoms with Crippen LogP contribution in [0.15, 0.2) is 49.1 Å². The first kappa shape index (κ1) is 13.2. The van der Waals surface area contributed by atoms with Crippen LogP contribution in [0.5, 0.6) is 5.75 Å². The maximum absolute atomic E-state index is 5.76. The van der Waals surface area contributed by atoms with Gasteiger partial charge in [0.15, 0.2) is 0 Å². The van der Waals surface area contributed by atoms with Crippen LogP contribution in [0.4, 0.5) is 5.82 Å². The number of rotatable bonds is 3. The second-order valence-corrected chi connectivity index (χ2v) is 4.77. The highest BCUT2D eigenvalue weighted by Gasteiger charge is 2.10. The minimum Gasteiger partial charge on any atom is -0.497 e. The maximum atomic E-state index is 5.76.